The van der Waals surface area contributed by atoms with Crippen molar-refractivity contribution in [2.45, 2.75) is 65.1 Å². The van der Waals surface area contributed by atoms with Gasteiger partial charge in [-0.3, -0.25) is 10.1 Å². The van der Waals surface area contributed by atoms with Gasteiger partial charge in [0.2, 0.25) is 8.32 Å². The predicted octanol–water partition coefficient (Wildman–Crippen LogP) is 9.12. The number of carbonyl (C=O) groups excluding carboxylic acids is 2. The molecule has 5 aromatic rings. The topological polar surface area (TPSA) is 129 Å². The summed E-state index contributed by atoms with van der Waals surface area (Å²) < 4.78 is 19.3. The van der Waals surface area contributed by atoms with E-state index in [0.717, 1.165) is 27.9 Å². The summed E-state index contributed by atoms with van der Waals surface area (Å²) in [5.41, 5.74) is 1.98. The summed E-state index contributed by atoms with van der Waals surface area (Å²) in [4.78, 5) is 29.7. The maximum absolute atomic E-state index is 13.6. The van der Waals surface area contributed by atoms with Crippen LogP contribution in [-0.2, 0) is 14.9 Å². The monoisotopic (exact) mass is 694 g/mol. The Kier molecular flexibility index (Phi) is 10.3. The zero-order valence-electron chi connectivity index (χ0n) is 30.2. The van der Waals surface area contributed by atoms with Gasteiger partial charge in [-0.15, -0.1) is 0 Å². The largest absolute Gasteiger partial charge is 0.544 e. The van der Waals surface area contributed by atoms with Crippen molar-refractivity contribution >= 4 is 48.4 Å². The molecule has 0 fully saturated rings. The van der Waals surface area contributed by atoms with Crippen molar-refractivity contribution in [1.82, 2.24) is 14.8 Å². The Bertz CT molecular complexity index is 1990. The maximum atomic E-state index is 13.6. The van der Waals surface area contributed by atoms with Crippen LogP contribution in [0, 0.1) is 0 Å². The quantitative estimate of drug-likeness (QED) is 0.124. The van der Waals surface area contributed by atoms with Gasteiger partial charge in [0.25, 0.3) is 5.91 Å². The fraction of sp³-hybridized carbons (Fsp3) is 0.316. The Morgan fingerprint density at radius 2 is 1.52 bits per heavy atom. The summed E-state index contributed by atoms with van der Waals surface area (Å²) in [6.07, 6.45) is 1.55. The second-order valence-corrected chi connectivity index (χ2v) is 19.4. The van der Waals surface area contributed by atoms with Gasteiger partial charge in [0.1, 0.15) is 35.5 Å². The molecule has 3 N–H and O–H groups in total. The van der Waals surface area contributed by atoms with Crippen molar-refractivity contribution in [3.63, 3.8) is 0 Å². The lowest BCUT2D eigenvalue weighted by atomic mass is 9.92. The van der Waals surface area contributed by atoms with Gasteiger partial charge < -0.3 is 24.5 Å². The molecule has 0 saturated carbocycles. The van der Waals surface area contributed by atoms with E-state index in [1.807, 2.05) is 54.6 Å². The first kappa shape index (κ1) is 36.1. The molecule has 0 atom stereocenters. The minimum atomic E-state index is -2.00. The summed E-state index contributed by atoms with van der Waals surface area (Å²) in [7, 11) is -0.554. The van der Waals surface area contributed by atoms with Crippen molar-refractivity contribution in [3.05, 3.63) is 90.8 Å². The third kappa shape index (κ3) is 8.50. The Balaban J connectivity index is 1.37. The van der Waals surface area contributed by atoms with E-state index in [9.17, 15) is 9.59 Å². The molecule has 262 valence electrons. The summed E-state index contributed by atoms with van der Waals surface area (Å²) in [5, 5.41) is 15.2. The zero-order valence-corrected chi connectivity index (χ0v) is 31.2. The highest BCUT2D eigenvalue weighted by Gasteiger charge is 2.39. The number of urea groups is 1. The summed E-state index contributed by atoms with van der Waals surface area (Å²) in [6, 6.07) is 23.8. The van der Waals surface area contributed by atoms with Crippen LogP contribution < -0.4 is 25.1 Å². The number of methoxy groups -OCH3 is 1. The second-order valence-electron chi connectivity index (χ2n) is 14.6. The maximum Gasteiger partial charge on any atom is 0.324 e. The van der Waals surface area contributed by atoms with Crippen molar-refractivity contribution in [1.29, 1.82) is 0 Å². The van der Waals surface area contributed by atoms with Gasteiger partial charge in [-0.05, 0) is 60.6 Å². The minimum Gasteiger partial charge on any atom is -0.544 e. The molecule has 0 aliphatic rings. The first-order valence-corrected chi connectivity index (χ1v) is 19.4. The fourth-order valence-electron chi connectivity index (χ4n) is 4.86. The van der Waals surface area contributed by atoms with Crippen LogP contribution in [-0.4, -0.2) is 48.7 Å². The van der Waals surface area contributed by atoms with E-state index in [2.05, 4.69) is 75.6 Å². The molecule has 50 heavy (non-hydrogen) atoms. The number of ether oxygens (including phenoxy) is 2. The number of amides is 3. The van der Waals surface area contributed by atoms with E-state index in [0.29, 0.717) is 28.8 Å². The second kappa shape index (κ2) is 14.3. The molecule has 11 nitrogen and oxygen atoms in total. The summed E-state index contributed by atoms with van der Waals surface area (Å²) >= 11 is 0. The molecule has 0 aliphatic carbocycles. The normalized spacial score (nSPS) is 12.0. The molecular weight excluding hydrogens is 649 g/mol. The summed E-state index contributed by atoms with van der Waals surface area (Å²) in [6.45, 7) is 17.2. The standard InChI is InChI=1S/C38H46N6O5Si/c1-37(2,3)32-23-34(44(43-32)25-14-16-26(17-15-25)49-50(8,9)38(4,5)6)42-36(46)40-30-18-19-31(29-13-11-10-12-28(29)30)48-27-20-21-39-33(22-27)41-35(45)24-47-7/h10-23H,24H2,1-9H3,(H,39,41,45)(H2,40,42,46). The van der Waals surface area contributed by atoms with Crippen LogP contribution in [0.15, 0.2) is 85.1 Å². The average Bonchev–Trinajstić information content (AvgIpc) is 3.46. The van der Waals surface area contributed by atoms with E-state index in [1.54, 1.807) is 35.1 Å². The number of hydrogen-bond donors (Lipinski definition) is 3. The number of nitrogens with one attached hydrogen (secondary N) is 3. The van der Waals surface area contributed by atoms with Gasteiger partial charge in [-0.25, -0.2) is 14.5 Å². The van der Waals surface area contributed by atoms with Crippen LogP contribution in [0.1, 0.15) is 47.2 Å². The van der Waals surface area contributed by atoms with E-state index >= 15 is 0 Å². The molecule has 3 aromatic carbocycles. The van der Waals surface area contributed by atoms with E-state index in [4.69, 9.17) is 19.0 Å². The van der Waals surface area contributed by atoms with Crippen molar-refractivity contribution in [2.24, 2.45) is 0 Å². The fourth-order valence-corrected chi connectivity index (χ4v) is 5.89. The van der Waals surface area contributed by atoms with Gasteiger partial charge >= 0.3 is 6.03 Å². The lowest BCUT2D eigenvalue weighted by molar-refractivity contribution is -0.119. The highest BCUT2D eigenvalue weighted by molar-refractivity contribution is 6.74. The van der Waals surface area contributed by atoms with E-state index in [1.165, 1.54) is 7.11 Å². The molecule has 0 aliphatic heterocycles. The number of carbonyl (C=O) groups is 2. The smallest absolute Gasteiger partial charge is 0.324 e. The van der Waals surface area contributed by atoms with Crippen LogP contribution in [0.2, 0.25) is 18.1 Å². The molecule has 2 heterocycles. The molecule has 2 aromatic heterocycles. The molecule has 0 bridgehead atoms. The molecule has 12 heteroatoms. The van der Waals surface area contributed by atoms with Crippen LogP contribution >= 0.6 is 0 Å². The number of rotatable bonds is 10. The molecule has 0 saturated heterocycles. The Hall–Kier alpha value is -5.20. The first-order valence-electron chi connectivity index (χ1n) is 16.5. The number of hydrogen-bond acceptors (Lipinski definition) is 7. The van der Waals surface area contributed by atoms with Gasteiger partial charge in [-0.2, -0.15) is 5.10 Å². The van der Waals surface area contributed by atoms with Gasteiger partial charge in [0.05, 0.1) is 17.1 Å². The van der Waals surface area contributed by atoms with Crippen molar-refractivity contribution in [3.8, 4) is 22.9 Å². The minimum absolute atomic E-state index is 0.0759. The Morgan fingerprint density at radius 1 is 0.820 bits per heavy atom. The number of nitrogens with zero attached hydrogens (tertiary/aromatic N) is 3. The first-order chi connectivity index (χ1) is 23.5. The third-order valence-corrected chi connectivity index (χ3v) is 13.0. The lowest BCUT2D eigenvalue weighted by Crippen LogP contribution is -2.43. The van der Waals surface area contributed by atoms with Gasteiger partial charge in [0.15, 0.2) is 0 Å². The van der Waals surface area contributed by atoms with Crippen molar-refractivity contribution in [2.75, 3.05) is 29.7 Å². The number of fused-ring (bicyclic) bond motifs is 1. The Labute approximate surface area is 294 Å². The van der Waals surface area contributed by atoms with Crippen LogP contribution in [0.4, 0.5) is 22.1 Å². The molecule has 0 unspecified atom stereocenters. The van der Waals surface area contributed by atoms with Crippen molar-refractivity contribution < 1.29 is 23.5 Å². The highest BCUT2D eigenvalue weighted by Crippen LogP contribution is 2.38. The SMILES string of the molecule is COCC(=O)Nc1cc(Oc2ccc(NC(=O)Nc3cc(C(C)(C)C)nn3-c3ccc(O[Si](C)(C)C(C)(C)C)cc3)c3ccccc23)ccn1. The van der Waals surface area contributed by atoms with Crippen LogP contribution in [0.3, 0.4) is 0 Å². The predicted molar refractivity (Wildman–Crippen MR) is 201 cm³/mol. The third-order valence-electron chi connectivity index (χ3n) is 8.61. The average molecular weight is 695 g/mol. The molecule has 0 spiro atoms. The van der Waals surface area contributed by atoms with Gasteiger partial charge in [0, 0.05) is 41.6 Å². The van der Waals surface area contributed by atoms with E-state index < -0.39 is 14.3 Å². The lowest BCUT2D eigenvalue weighted by Gasteiger charge is -2.36. The van der Waals surface area contributed by atoms with Crippen LogP contribution in [0.5, 0.6) is 17.2 Å². The van der Waals surface area contributed by atoms with Gasteiger partial charge in [-0.1, -0.05) is 65.8 Å². The number of pyridine rings is 1. The number of aromatic nitrogens is 3. The zero-order chi connectivity index (χ0) is 36.3. The van der Waals surface area contributed by atoms with E-state index in [-0.39, 0.29) is 23.0 Å². The van der Waals surface area contributed by atoms with Crippen LogP contribution in [0.25, 0.3) is 16.5 Å². The number of anilines is 3. The summed E-state index contributed by atoms with van der Waals surface area (Å²) in [5.74, 6) is 2.42. The highest BCUT2D eigenvalue weighted by atomic mass is 28.4. The molecule has 3 amide bonds. The molecule has 0 radical (unpaired) electrons. The molecular formula is C38H46N6O5Si. The number of benzene rings is 3. The Morgan fingerprint density at radius 3 is 2.18 bits per heavy atom. The molecule has 5 rings (SSSR count).